The van der Waals surface area contributed by atoms with Crippen LogP contribution in [0.1, 0.15) is 47.0 Å². The van der Waals surface area contributed by atoms with Gasteiger partial charge in [-0.15, -0.1) is 0 Å². The van der Waals surface area contributed by atoms with Crippen LogP contribution in [0.25, 0.3) is 0 Å². The Balaban J connectivity index is 2.74. The van der Waals surface area contributed by atoms with Crippen molar-refractivity contribution in [1.29, 1.82) is 0 Å². The van der Waals surface area contributed by atoms with Gasteiger partial charge < -0.3 is 4.74 Å². The molecule has 0 heterocycles. The Morgan fingerprint density at radius 2 is 2.19 bits per heavy atom. The average molecular weight is 224 g/mol. The van der Waals surface area contributed by atoms with Gasteiger partial charge >= 0.3 is 5.97 Å². The summed E-state index contributed by atoms with van der Waals surface area (Å²) in [5, 5.41) is 0. The molecular weight excluding hydrogens is 200 g/mol. The molecule has 0 aromatic rings. The predicted molar refractivity (Wildman–Crippen MR) is 66.1 cm³/mol. The molecule has 1 aliphatic rings. The smallest absolute Gasteiger partial charge is 0.330 e. The summed E-state index contributed by atoms with van der Waals surface area (Å²) in [7, 11) is 0. The topological polar surface area (TPSA) is 26.3 Å². The monoisotopic (exact) mass is 224 g/mol. The summed E-state index contributed by atoms with van der Waals surface area (Å²) in [6.07, 6.45) is 5.29. The minimum absolute atomic E-state index is 0.169. The zero-order chi connectivity index (χ0) is 12.1. The number of carbonyl (C=O) groups excluding carboxylic acids is 1. The summed E-state index contributed by atoms with van der Waals surface area (Å²) in [5.41, 5.74) is 1.30. The molecule has 2 heteroatoms. The van der Waals surface area contributed by atoms with E-state index in [0.29, 0.717) is 24.4 Å². The van der Waals surface area contributed by atoms with Crippen LogP contribution in [0.15, 0.2) is 11.6 Å². The zero-order valence-electron chi connectivity index (χ0n) is 11.0. The van der Waals surface area contributed by atoms with Crippen molar-refractivity contribution in [1.82, 2.24) is 0 Å². The van der Waals surface area contributed by atoms with E-state index in [0.717, 1.165) is 6.42 Å². The Hall–Kier alpha value is -0.790. The fraction of sp³-hybridized carbons (Fsp3) is 0.786. The van der Waals surface area contributed by atoms with E-state index in [1.54, 1.807) is 6.08 Å². The molecule has 2 atom stereocenters. The molecule has 1 saturated carbocycles. The van der Waals surface area contributed by atoms with Gasteiger partial charge in [0.15, 0.2) is 0 Å². The standard InChI is InChI=1S/C14H24O2/c1-5-16-14(15)9-12-8-11(4)6-7-13(12)10(2)3/h9-11,13H,5-8H2,1-4H3/b12-9+/t11-,13+/m1/s1. The molecular formula is C14H24O2. The van der Waals surface area contributed by atoms with Gasteiger partial charge in [-0.2, -0.15) is 0 Å². The SMILES string of the molecule is CCOC(=O)/C=C1\C[C@H](C)CC[C@H]1C(C)C. The lowest BCUT2D eigenvalue weighted by molar-refractivity contribution is -0.137. The summed E-state index contributed by atoms with van der Waals surface area (Å²) >= 11 is 0. The molecule has 1 fully saturated rings. The van der Waals surface area contributed by atoms with Crippen LogP contribution in [0.3, 0.4) is 0 Å². The van der Waals surface area contributed by atoms with Crippen LogP contribution in [0.2, 0.25) is 0 Å². The van der Waals surface area contributed by atoms with Crippen LogP contribution in [0.4, 0.5) is 0 Å². The Morgan fingerprint density at radius 1 is 1.50 bits per heavy atom. The largest absolute Gasteiger partial charge is 0.463 e. The molecule has 0 saturated heterocycles. The summed E-state index contributed by atoms with van der Waals surface area (Å²) in [4.78, 5) is 11.5. The molecule has 0 unspecified atom stereocenters. The number of allylic oxidation sites excluding steroid dienone is 1. The molecule has 0 bridgehead atoms. The summed E-state index contributed by atoms with van der Waals surface area (Å²) in [5.74, 6) is 1.72. The summed E-state index contributed by atoms with van der Waals surface area (Å²) in [6.45, 7) is 9.04. The number of hydrogen-bond donors (Lipinski definition) is 0. The quantitative estimate of drug-likeness (QED) is 0.541. The van der Waals surface area contributed by atoms with Gasteiger partial charge in [0.25, 0.3) is 0 Å². The first kappa shape index (κ1) is 13.3. The van der Waals surface area contributed by atoms with Gasteiger partial charge in [-0.3, -0.25) is 0 Å². The number of esters is 1. The summed E-state index contributed by atoms with van der Waals surface area (Å²) in [6, 6.07) is 0. The molecule has 0 aromatic heterocycles. The number of ether oxygens (including phenoxy) is 1. The van der Waals surface area contributed by atoms with Crippen molar-refractivity contribution >= 4 is 5.97 Å². The highest BCUT2D eigenvalue weighted by Crippen LogP contribution is 2.37. The third-order valence-corrected chi connectivity index (χ3v) is 3.43. The van der Waals surface area contributed by atoms with E-state index in [-0.39, 0.29) is 5.97 Å². The fourth-order valence-corrected chi connectivity index (χ4v) is 2.57. The van der Waals surface area contributed by atoms with Crippen LogP contribution in [-0.2, 0) is 9.53 Å². The van der Waals surface area contributed by atoms with Gasteiger partial charge in [0.1, 0.15) is 0 Å². The van der Waals surface area contributed by atoms with Crippen LogP contribution in [0.5, 0.6) is 0 Å². The number of hydrogen-bond acceptors (Lipinski definition) is 2. The molecule has 92 valence electrons. The minimum Gasteiger partial charge on any atom is -0.463 e. The van der Waals surface area contributed by atoms with E-state index in [4.69, 9.17) is 4.74 Å². The highest BCUT2D eigenvalue weighted by Gasteiger charge is 2.26. The molecule has 0 radical (unpaired) electrons. The zero-order valence-corrected chi connectivity index (χ0v) is 11.0. The van der Waals surface area contributed by atoms with Crippen molar-refractivity contribution < 1.29 is 9.53 Å². The lowest BCUT2D eigenvalue weighted by Gasteiger charge is -2.32. The molecule has 0 aliphatic heterocycles. The van der Waals surface area contributed by atoms with Crippen molar-refractivity contribution in [2.24, 2.45) is 17.8 Å². The van der Waals surface area contributed by atoms with E-state index in [1.165, 1.54) is 18.4 Å². The van der Waals surface area contributed by atoms with Crippen molar-refractivity contribution in [3.63, 3.8) is 0 Å². The molecule has 1 rings (SSSR count). The first-order valence-corrected chi connectivity index (χ1v) is 6.41. The molecule has 0 amide bonds. The van der Waals surface area contributed by atoms with E-state index >= 15 is 0 Å². The van der Waals surface area contributed by atoms with Gasteiger partial charge in [-0.05, 0) is 43.9 Å². The van der Waals surface area contributed by atoms with Gasteiger partial charge in [-0.1, -0.05) is 26.3 Å². The maximum absolute atomic E-state index is 11.5. The maximum Gasteiger partial charge on any atom is 0.330 e. The Kier molecular flexibility index (Phi) is 5.04. The van der Waals surface area contributed by atoms with Gasteiger partial charge in [0.05, 0.1) is 6.61 Å². The van der Waals surface area contributed by atoms with E-state index < -0.39 is 0 Å². The predicted octanol–water partition coefficient (Wildman–Crippen LogP) is 3.57. The van der Waals surface area contributed by atoms with Crippen LogP contribution in [-0.4, -0.2) is 12.6 Å². The van der Waals surface area contributed by atoms with Crippen LogP contribution >= 0.6 is 0 Å². The Bertz CT molecular complexity index is 266. The third-order valence-electron chi connectivity index (χ3n) is 3.43. The lowest BCUT2D eigenvalue weighted by atomic mass is 9.74. The summed E-state index contributed by atoms with van der Waals surface area (Å²) < 4.78 is 4.99. The second kappa shape index (κ2) is 6.07. The van der Waals surface area contributed by atoms with Gasteiger partial charge in [0, 0.05) is 6.08 Å². The van der Waals surface area contributed by atoms with Crippen molar-refractivity contribution in [2.45, 2.75) is 47.0 Å². The second-order valence-corrected chi connectivity index (χ2v) is 5.21. The maximum atomic E-state index is 11.5. The Labute approximate surface area is 99.1 Å². The average Bonchev–Trinajstić information content (AvgIpc) is 2.17. The molecule has 2 nitrogen and oxygen atoms in total. The van der Waals surface area contributed by atoms with Crippen molar-refractivity contribution in [3.8, 4) is 0 Å². The first-order chi connectivity index (χ1) is 7.54. The van der Waals surface area contributed by atoms with Crippen LogP contribution in [0, 0.1) is 17.8 Å². The van der Waals surface area contributed by atoms with Gasteiger partial charge in [-0.25, -0.2) is 4.79 Å². The number of carbonyl (C=O) groups is 1. The van der Waals surface area contributed by atoms with E-state index in [9.17, 15) is 4.79 Å². The first-order valence-electron chi connectivity index (χ1n) is 6.41. The molecule has 0 aromatic carbocycles. The second-order valence-electron chi connectivity index (χ2n) is 5.21. The van der Waals surface area contributed by atoms with Crippen molar-refractivity contribution in [2.75, 3.05) is 6.61 Å². The molecule has 16 heavy (non-hydrogen) atoms. The Morgan fingerprint density at radius 3 is 2.75 bits per heavy atom. The number of rotatable bonds is 3. The fourth-order valence-electron chi connectivity index (χ4n) is 2.57. The minimum atomic E-state index is -0.169. The van der Waals surface area contributed by atoms with Crippen LogP contribution < -0.4 is 0 Å². The third kappa shape index (κ3) is 3.66. The van der Waals surface area contributed by atoms with E-state index in [2.05, 4.69) is 20.8 Å². The lowest BCUT2D eigenvalue weighted by Crippen LogP contribution is -2.21. The molecule has 0 spiro atoms. The van der Waals surface area contributed by atoms with Crippen molar-refractivity contribution in [3.05, 3.63) is 11.6 Å². The molecule has 1 aliphatic carbocycles. The highest BCUT2D eigenvalue weighted by molar-refractivity contribution is 5.82. The van der Waals surface area contributed by atoms with E-state index in [1.807, 2.05) is 6.92 Å². The molecule has 0 N–H and O–H groups in total. The highest BCUT2D eigenvalue weighted by atomic mass is 16.5. The normalized spacial score (nSPS) is 28.4. The van der Waals surface area contributed by atoms with Gasteiger partial charge in [0.2, 0.25) is 0 Å².